The second-order valence-corrected chi connectivity index (χ2v) is 9.53. The largest absolute Gasteiger partial charge is 0.480 e. The number of thiazole rings is 1. The maximum absolute atomic E-state index is 12.8. The van der Waals surface area contributed by atoms with Gasteiger partial charge in [-0.05, 0) is 44.6 Å². The molecule has 0 bridgehead atoms. The van der Waals surface area contributed by atoms with E-state index in [9.17, 15) is 4.79 Å². The standard InChI is InChI=1S/C21H26N4O3S2/c1-12-17-20(28-3)24-15(11-27-2)25-21(17)30-18(12)19(26)22-10-6-9-16-23-13-7-4-5-8-14(13)29-16/h4-11H2,1-3H3,(H,22,26). The van der Waals surface area contributed by atoms with Crippen LogP contribution in [-0.2, 0) is 30.6 Å². The van der Waals surface area contributed by atoms with Crippen molar-refractivity contribution < 1.29 is 14.3 Å². The lowest BCUT2D eigenvalue weighted by Crippen LogP contribution is -2.24. The van der Waals surface area contributed by atoms with Gasteiger partial charge in [0.25, 0.3) is 5.91 Å². The van der Waals surface area contributed by atoms with Crippen LogP contribution in [0.4, 0.5) is 0 Å². The number of nitrogens with zero attached hydrogens (tertiary/aromatic N) is 3. The number of amides is 1. The van der Waals surface area contributed by atoms with E-state index in [4.69, 9.17) is 14.5 Å². The first-order valence-corrected chi connectivity index (χ1v) is 11.8. The van der Waals surface area contributed by atoms with Crippen molar-refractivity contribution in [3.63, 3.8) is 0 Å². The number of hydrogen-bond donors (Lipinski definition) is 1. The number of fused-ring (bicyclic) bond motifs is 2. The van der Waals surface area contributed by atoms with Crippen LogP contribution in [0.25, 0.3) is 10.2 Å². The van der Waals surface area contributed by atoms with Crippen LogP contribution in [0.1, 0.15) is 55.9 Å². The molecule has 0 fully saturated rings. The molecular weight excluding hydrogens is 420 g/mol. The molecule has 1 aliphatic rings. The van der Waals surface area contributed by atoms with Crippen molar-refractivity contribution in [3.05, 3.63) is 31.8 Å². The quantitative estimate of drug-likeness (QED) is 0.529. The third-order valence-electron chi connectivity index (χ3n) is 5.22. The van der Waals surface area contributed by atoms with Gasteiger partial charge in [-0.3, -0.25) is 4.79 Å². The van der Waals surface area contributed by atoms with E-state index in [1.54, 1.807) is 14.2 Å². The first-order chi connectivity index (χ1) is 14.6. The van der Waals surface area contributed by atoms with Gasteiger partial charge in [-0.15, -0.1) is 22.7 Å². The van der Waals surface area contributed by atoms with Gasteiger partial charge in [0.05, 0.1) is 28.1 Å². The molecule has 4 rings (SSSR count). The highest BCUT2D eigenvalue weighted by molar-refractivity contribution is 7.20. The fraction of sp³-hybridized carbons (Fsp3) is 0.524. The lowest BCUT2D eigenvalue weighted by molar-refractivity contribution is 0.0957. The Morgan fingerprint density at radius 2 is 1.97 bits per heavy atom. The summed E-state index contributed by atoms with van der Waals surface area (Å²) in [5, 5.41) is 5.03. The van der Waals surface area contributed by atoms with Gasteiger partial charge in [0.1, 0.15) is 11.4 Å². The van der Waals surface area contributed by atoms with E-state index in [0.29, 0.717) is 29.7 Å². The van der Waals surface area contributed by atoms with E-state index in [1.165, 1.54) is 46.2 Å². The number of carbonyl (C=O) groups excluding carboxylic acids is 1. The van der Waals surface area contributed by atoms with Crippen LogP contribution in [0, 0.1) is 6.92 Å². The molecule has 0 aliphatic heterocycles. The molecule has 0 saturated heterocycles. The molecule has 3 aromatic rings. The van der Waals surface area contributed by atoms with Crippen molar-refractivity contribution in [3.8, 4) is 5.88 Å². The molecule has 7 nitrogen and oxygen atoms in total. The van der Waals surface area contributed by atoms with E-state index < -0.39 is 0 Å². The molecule has 9 heteroatoms. The van der Waals surface area contributed by atoms with Crippen LogP contribution in [0.5, 0.6) is 5.88 Å². The summed E-state index contributed by atoms with van der Waals surface area (Å²) in [6.45, 7) is 2.83. The maximum Gasteiger partial charge on any atom is 0.261 e. The molecule has 0 aromatic carbocycles. The molecule has 3 heterocycles. The number of methoxy groups -OCH3 is 2. The number of ether oxygens (including phenoxy) is 2. The molecular formula is C21H26N4O3S2. The summed E-state index contributed by atoms with van der Waals surface area (Å²) in [4.78, 5) is 29.3. The van der Waals surface area contributed by atoms with Crippen molar-refractivity contribution in [2.75, 3.05) is 20.8 Å². The first kappa shape index (κ1) is 21.1. The van der Waals surface area contributed by atoms with Gasteiger partial charge in [0.2, 0.25) is 5.88 Å². The minimum atomic E-state index is -0.0794. The molecule has 1 aliphatic carbocycles. The Morgan fingerprint density at radius 3 is 2.73 bits per heavy atom. The molecule has 0 unspecified atom stereocenters. The second-order valence-electron chi connectivity index (χ2n) is 7.36. The van der Waals surface area contributed by atoms with E-state index >= 15 is 0 Å². The van der Waals surface area contributed by atoms with Crippen LogP contribution in [0.15, 0.2) is 0 Å². The summed E-state index contributed by atoms with van der Waals surface area (Å²) in [6, 6.07) is 0. The summed E-state index contributed by atoms with van der Waals surface area (Å²) in [5.74, 6) is 0.943. The third-order valence-corrected chi connectivity index (χ3v) is 7.62. The monoisotopic (exact) mass is 446 g/mol. The van der Waals surface area contributed by atoms with Gasteiger partial charge in [-0.1, -0.05) is 0 Å². The van der Waals surface area contributed by atoms with Crippen molar-refractivity contribution in [1.82, 2.24) is 20.3 Å². The molecule has 0 saturated carbocycles. The Morgan fingerprint density at radius 1 is 1.13 bits per heavy atom. The first-order valence-electron chi connectivity index (χ1n) is 10.2. The summed E-state index contributed by atoms with van der Waals surface area (Å²) >= 11 is 3.21. The second kappa shape index (κ2) is 9.36. The fourth-order valence-electron chi connectivity index (χ4n) is 3.74. The van der Waals surface area contributed by atoms with Crippen molar-refractivity contribution in [2.45, 2.75) is 52.1 Å². The Hall–Kier alpha value is -2.10. The number of aryl methyl sites for hydroxylation is 4. The number of thiophene rings is 1. The average molecular weight is 447 g/mol. The number of carbonyl (C=O) groups is 1. The topological polar surface area (TPSA) is 86.2 Å². The molecule has 0 spiro atoms. The van der Waals surface area contributed by atoms with Crippen LogP contribution in [0.3, 0.4) is 0 Å². The molecule has 3 aromatic heterocycles. The zero-order valence-electron chi connectivity index (χ0n) is 17.5. The molecule has 160 valence electrons. The molecule has 0 radical (unpaired) electrons. The summed E-state index contributed by atoms with van der Waals surface area (Å²) in [6.07, 6.45) is 6.61. The minimum Gasteiger partial charge on any atom is -0.480 e. The fourth-order valence-corrected chi connectivity index (χ4v) is 6.04. The normalized spacial score (nSPS) is 13.4. The van der Waals surface area contributed by atoms with Gasteiger partial charge >= 0.3 is 0 Å². The SMILES string of the molecule is COCc1nc(OC)c2c(C)c(C(=O)NCCCc3nc4c(s3)CCCC4)sc2n1. The van der Waals surface area contributed by atoms with Crippen LogP contribution in [0.2, 0.25) is 0 Å². The lowest BCUT2D eigenvalue weighted by Gasteiger charge is -2.06. The summed E-state index contributed by atoms with van der Waals surface area (Å²) in [5.41, 5.74) is 2.15. The number of nitrogens with one attached hydrogen (secondary N) is 1. The van der Waals surface area contributed by atoms with E-state index in [0.717, 1.165) is 35.0 Å². The van der Waals surface area contributed by atoms with Crippen molar-refractivity contribution in [2.24, 2.45) is 0 Å². The predicted molar refractivity (Wildman–Crippen MR) is 119 cm³/mol. The number of rotatable bonds is 8. The predicted octanol–water partition coefficient (Wildman–Crippen LogP) is 3.85. The van der Waals surface area contributed by atoms with E-state index in [1.807, 2.05) is 18.3 Å². The Balaban J connectivity index is 1.40. The number of aromatic nitrogens is 3. The third kappa shape index (κ3) is 4.33. The lowest BCUT2D eigenvalue weighted by atomic mass is 10.0. The van der Waals surface area contributed by atoms with E-state index in [-0.39, 0.29) is 5.91 Å². The van der Waals surface area contributed by atoms with Gasteiger partial charge in [0.15, 0.2) is 5.82 Å². The minimum absolute atomic E-state index is 0.0794. The molecule has 30 heavy (non-hydrogen) atoms. The van der Waals surface area contributed by atoms with Crippen molar-refractivity contribution in [1.29, 1.82) is 0 Å². The Bertz CT molecular complexity index is 1040. The highest BCUT2D eigenvalue weighted by atomic mass is 32.1. The smallest absolute Gasteiger partial charge is 0.261 e. The van der Waals surface area contributed by atoms with Crippen LogP contribution >= 0.6 is 22.7 Å². The average Bonchev–Trinajstić information content (AvgIpc) is 3.31. The van der Waals surface area contributed by atoms with Crippen molar-refractivity contribution >= 4 is 38.8 Å². The molecule has 1 N–H and O–H groups in total. The van der Waals surface area contributed by atoms with Gasteiger partial charge in [-0.2, -0.15) is 4.98 Å². The molecule has 0 atom stereocenters. The Kier molecular flexibility index (Phi) is 6.60. The summed E-state index contributed by atoms with van der Waals surface area (Å²) in [7, 11) is 3.17. The van der Waals surface area contributed by atoms with Crippen LogP contribution < -0.4 is 10.1 Å². The number of hydrogen-bond acceptors (Lipinski definition) is 8. The summed E-state index contributed by atoms with van der Waals surface area (Å²) < 4.78 is 10.6. The zero-order chi connectivity index (χ0) is 21.1. The molecule has 1 amide bonds. The van der Waals surface area contributed by atoms with Gasteiger partial charge in [-0.25, -0.2) is 9.97 Å². The Labute approximate surface area is 183 Å². The highest BCUT2D eigenvalue weighted by Gasteiger charge is 2.21. The zero-order valence-corrected chi connectivity index (χ0v) is 19.2. The van der Waals surface area contributed by atoms with Crippen LogP contribution in [-0.4, -0.2) is 41.6 Å². The van der Waals surface area contributed by atoms with Gasteiger partial charge < -0.3 is 14.8 Å². The van der Waals surface area contributed by atoms with E-state index in [2.05, 4.69) is 15.3 Å². The van der Waals surface area contributed by atoms with Gasteiger partial charge in [0, 0.05) is 25.0 Å². The maximum atomic E-state index is 12.8. The highest BCUT2D eigenvalue weighted by Crippen LogP contribution is 2.35.